The van der Waals surface area contributed by atoms with E-state index >= 15 is 0 Å². The molecule has 1 aliphatic rings. The molecule has 0 aromatic carbocycles. The van der Waals surface area contributed by atoms with Gasteiger partial charge in [-0.2, -0.15) is 0 Å². The molecule has 4 atom stereocenters. The maximum Gasteiger partial charge on any atom is 0.315 e. The summed E-state index contributed by atoms with van der Waals surface area (Å²) in [6.45, 7) is 3.63. The Hall–Kier alpha value is -1.15. The van der Waals surface area contributed by atoms with E-state index in [1.54, 1.807) is 13.2 Å². The molecule has 20 heavy (non-hydrogen) atoms. The Morgan fingerprint density at radius 2 is 2.20 bits per heavy atom. The molecule has 0 bridgehead atoms. The second-order valence-electron chi connectivity index (χ2n) is 5.38. The molecule has 8 heteroatoms. The van der Waals surface area contributed by atoms with Crippen LogP contribution < -0.4 is 10.6 Å². The molecule has 0 aromatic rings. The van der Waals surface area contributed by atoms with Gasteiger partial charge in [0.15, 0.2) is 0 Å². The smallest absolute Gasteiger partial charge is 0.315 e. The summed E-state index contributed by atoms with van der Waals surface area (Å²) in [5, 5.41) is 14.5. The first-order valence-electron chi connectivity index (χ1n) is 6.44. The Bertz CT molecular complexity index is 403. The second kappa shape index (κ2) is 7.03. The van der Waals surface area contributed by atoms with Crippen LogP contribution in [0.15, 0.2) is 0 Å². The summed E-state index contributed by atoms with van der Waals surface area (Å²) in [6.07, 6.45) is 2.22. The number of amides is 2. The van der Waals surface area contributed by atoms with Gasteiger partial charge in [-0.3, -0.25) is 9.00 Å². The van der Waals surface area contributed by atoms with Gasteiger partial charge in [-0.15, -0.1) is 0 Å². The zero-order chi connectivity index (χ0) is 15.3. The zero-order valence-electron chi connectivity index (χ0n) is 12.0. The Morgan fingerprint density at radius 1 is 1.55 bits per heavy atom. The van der Waals surface area contributed by atoms with Crippen molar-refractivity contribution in [2.24, 2.45) is 5.41 Å². The van der Waals surface area contributed by atoms with E-state index in [0.29, 0.717) is 12.2 Å². The maximum atomic E-state index is 11.8. The monoisotopic (exact) mass is 306 g/mol. The summed E-state index contributed by atoms with van der Waals surface area (Å²) in [5.41, 5.74) is -1.11. The second-order valence-corrected chi connectivity index (χ2v) is 6.93. The number of carboxylic acid groups (broad SMARTS) is 1. The van der Waals surface area contributed by atoms with Crippen LogP contribution in [0, 0.1) is 5.41 Å². The lowest BCUT2D eigenvalue weighted by atomic mass is 9.85. The molecule has 4 unspecified atom stereocenters. The third-order valence-corrected chi connectivity index (χ3v) is 4.28. The SMILES string of the molecule is CC(CCS(C)=O)NC(=O)NC1COCC1(C)C(=O)O. The third-order valence-electron chi connectivity index (χ3n) is 3.47. The van der Waals surface area contributed by atoms with Crippen molar-refractivity contribution in [3.8, 4) is 0 Å². The molecule has 1 rings (SSSR count). The maximum absolute atomic E-state index is 11.8. The topological polar surface area (TPSA) is 105 Å². The van der Waals surface area contributed by atoms with E-state index in [9.17, 15) is 18.9 Å². The lowest BCUT2D eigenvalue weighted by Gasteiger charge is -2.26. The van der Waals surface area contributed by atoms with Crippen LogP contribution in [0.2, 0.25) is 0 Å². The Labute approximate surface area is 120 Å². The highest BCUT2D eigenvalue weighted by Crippen LogP contribution is 2.28. The van der Waals surface area contributed by atoms with E-state index in [0.717, 1.165) is 0 Å². The minimum absolute atomic E-state index is 0.0810. The van der Waals surface area contributed by atoms with E-state index in [1.807, 2.05) is 6.92 Å². The lowest BCUT2D eigenvalue weighted by molar-refractivity contribution is -0.148. The van der Waals surface area contributed by atoms with Crippen molar-refractivity contribution in [3.05, 3.63) is 0 Å². The zero-order valence-corrected chi connectivity index (χ0v) is 12.8. The number of hydrogen-bond acceptors (Lipinski definition) is 4. The fourth-order valence-electron chi connectivity index (χ4n) is 1.92. The summed E-state index contributed by atoms with van der Waals surface area (Å²) in [4.78, 5) is 23.0. The normalized spacial score (nSPS) is 28.6. The van der Waals surface area contributed by atoms with Crippen LogP contribution in [-0.4, -0.2) is 58.6 Å². The number of urea groups is 1. The summed E-state index contributed by atoms with van der Waals surface area (Å²) < 4.78 is 16.1. The number of carbonyl (C=O) groups excluding carboxylic acids is 1. The predicted molar refractivity (Wildman–Crippen MR) is 75.0 cm³/mol. The first-order chi connectivity index (χ1) is 9.25. The van der Waals surface area contributed by atoms with Gasteiger partial charge in [0.1, 0.15) is 5.41 Å². The van der Waals surface area contributed by atoms with Crippen LogP contribution in [-0.2, 0) is 20.3 Å². The molecule has 3 N–H and O–H groups in total. The van der Waals surface area contributed by atoms with Crippen molar-refractivity contribution in [3.63, 3.8) is 0 Å². The highest BCUT2D eigenvalue weighted by molar-refractivity contribution is 7.84. The largest absolute Gasteiger partial charge is 0.481 e. The molecule has 7 nitrogen and oxygen atoms in total. The van der Waals surface area contributed by atoms with Crippen LogP contribution in [0.5, 0.6) is 0 Å². The minimum Gasteiger partial charge on any atom is -0.481 e. The van der Waals surface area contributed by atoms with E-state index in [-0.39, 0.29) is 19.3 Å². The number of rotatable bonds is 6. The average molecular weight is 306 g/mol. The summed E-state index contributed by atoms with van der Waals surface area (Å²) in [7, 11) is -0.893. The van der Waals surface area contributed by atoms with Crippen molar-refractivity contribution in [1.29, 1.82) is 0 Å². The molecule has 2 amide bonds. The molecule has 0 radical (unpaired) electrons. The number of carboxylic acids is 1. The molecule has 0 spiro atoms. The van der Waals surface area contributed by atoms with Crippen molar-refractivity contribution < 1.29 is 23.6 Å². The van der Waals surface area contributed by atoms with Gasteiger partial charge in [-0.05, 0) is 20.3 Å². The van der Waals surface area contributed by atoms with Gasteiger partial charge >= 0.3 is 12.0 Å². The summed E-state index contributed by atoms with van der Waals surface area (Å²) in [5.74, 6) is -0.476. The average Bonchev–Trinajstić information content (AvgIpc) is 2.69. The Kier molecular flexibility index (Phi) is 5.94. The molecule has 1 saturated heterocycles. The minimum atomic E-state index is -1.11. The van der Waals surface area contributed by atoms with Crippen LogP contribution >= 0.6 is 0 Å². The van der Waals surface area contributed by atoms with Crippen molar-refractivity contribution in [1.82, 2.24) is 10.6 Å². The van der Waals surface area contributed by atoms with Crippen LogP contribution in [0.3, 0.4) is 0 Å². The first kappa shape index (κ1) is 16.9. The van der Waals surface area contributed by atoms with E-state index < -0.39 is 34.3 Å². The van der Waals surface area contributed by atoms with Gasteiger partial charge < -0.3 is 20.5 Å². The number of ether oxygens (including phenoxy) is 1. The van der Waals surface area contributed by atoms with Crippen LogP contribution in [0.4, 0.5) is 4.79 Å². The third kappa shape index (κ3) is 4.45. The number of aliphatic carboxylic acids is 1. The Balaban J connectivity index is 2.46. The Morgan fingerprint density at radius 3 is 2.75 bits per heavy atom. The van der Waals surface area contributed by atoms with Gasteiger partial charge in [-0.1, -0.05) is 0 Å². The van der Waals surface area contributed by atoms with Crippen molar-refractivity contribution in [2.45, 2.75) is 32.4 Å². The van der Waals surface area contributed by atoms with Crippen molar-refractivity contribution in [2.75, 3.05) is 25.2 Å². The fourth-order valence-corrected chi connectivity index (χ4v) is 2.61. The standard InChI is InChI=1S/C12H22N2O5S/c1-8(4-5-20(3)18)13-11(17)14-9-6-19-7-12(9,2)10(15)16/h8-9H,4-7H2,1-3H3,(H,15,16)(H2,13,14,17). The molecular weight excluding hydrogens is 284 g/mol. The highest BCUT2D eigenvalue weighted by Gasteiger charge is 2.47. The molecule has 116 valence electrons. The molecule has 0 saturated carbocycles. The van der Waals surface area contributed by atoms with E-state index in [2.05, 4.69) is 10.6 Å². The fraction of sp³-hybridized carbons (Fsp3) is 0.833. The molecule has 1 heterocycles. The summed E-state index contributed by atoms with van der Waals surface area (Å²) >= 11 is 0. The number of nitrogens with one attached hydrogen (secondary N) is 2. The van der Waals surface area contributed by atoms with Gasteiger partial charge in [0, 0.05) is 28.9 Å². The van der Waals surface area contributed by atoms with Gasteiger partial charge in [-0.25, -0.2) is 4.79 Å². The van der Waals surface area contributed by atoms with Gasteiger partial charge in [0.05, 0.1) is 19.3 Å². The molecule has 1 fully saturated rings. The predicted octanol–water partition coefficient (Wildman–Crippen LogP) is -0.0676. The van der Waals surface area contributed by atoms with Gasteiger partial charge in [0.2, 0.25) is 0 Å². The quantitative estimate of drug-likeness (QED) is 0.637. The molecule has 0 aliphatic carbocycles. The van der Waals surface area contributed by atoms with E-state index in [1.165, 1.54) is 0 Å². The molecular formula is C12H22N2O5S. The lowest BCUT2D eigenvalue weighted by Crippen LogP contribution is -2.53. The van der Waals surface area contributed by atoms with E-state index in [4.69, 9.17) is 4.74 Å². The molecule has 0 aromatic heterocycles. The number of carbonyl (C=O) groups is 2. The highest BCUT2D eigenvalue weighted by atomic mass is 32.2. The first-order valence-corrected chi connectivity index (χ1v) is 8.16. The van der Waals surface area contributed by atoms with Gasteiger partial charge in [0.25, 0.3) is 0 Å². The van der Waals surface area contributed by atoms with Crippen molar-refractivity contribution >= 4 is 22.8 Å². The van der Waals surface area contributed by atoms with Crippen LogP contribution in [0.25, 0.3) is 0 Å². The number of hydrogen-bond donors (Lipinski definition) is 3. The van der Waals surface area contributed by atoms with Crippen LogP contribution in [0.1, 0.15) is 20.3 Å². The molecule has 1 aliphatic heterocycles. The summed E-state index contributed by atoms with van der Waals surface area (Å²) in [6, 6.07) is -1.12.